The molecule has 4 nitrogen and oxygen atoms in total. The number of rotatable bonds is 8. The van der Waals surface area contributed by atoms with Gasteiger partial charge in [-0.15, -0.1) is 0 Å². The molecule has 2 saturated carbocycles. The van der Waals surface area contributed by atoms with E-state index in [-0.39, 0.29) is 58.6 Å². The van der Waals surface area contributed by atoms with Crippen molar-refractivity contribution in [1.29, 1.82) is 0 Å². The predicted octanol–water partition coefficient (Wildman–Crippen LogP) is 13.4. The minimum absolute atomic E-state index is 0.118. The van der Waals surface area contributed by atoms with Crippen LogP contribution >= 0.6 is 0 Å². The molecule has 66 heavy (non-hydrogen) atoms. The molecule has 18 heteroatoms. The lowest BCUT2D eigenvalue weighted by molar-refractivity contribution is -0.145. The van der Waals surface area contributed by atoms with E-state index in [9.17, 15) is 61.5 Å². The standard InChI is InChI=1S/2C24H24F7NO/c2*1-13(16-8-17(23(26,27)28)10-18(9-16)24(29,30)31)33-21-7-4-15-11-32-12-20(15)22(21)14-2-5-19(25)6-3-14/h2*2-3,5-6,8-10,13,15,20-22,32H,4,7,11-12H2,1H3/t13-,15+,20-,21+,22+;13-,15-,20+,21-,22-/m00/s1. The van der Waals surface area contributed by atoms with Gasteiger partial charge in [0, 0.05) is 11.8 Å². The van der Waals surface area contributed by atoms with Crippen molar-refractivity contribution in [3.05, 3.63) is 141 Å². The van der Waals surface area contributed by atoms with Crippen molar-refractivity contribution >= 4 is 0 Å². The van der Waals surface area contributed by atoms with Crippen LogP contribution in [0.15, 0.2) is 84.9 Å². The van der Waals surface area contributed by atoms with E-state index in [1.807, 2.05) is 0 Å². The Kier molecular flexibility index (Phi) is 14.6. The Bertz CT molecular complexity index is 2040. The number of halogens is 14. The van der Waals surface area contributed by atoms with Crippen molar-refractivity contribution in [3.63, 3.8) is 0 Å². The zero-order valence-corrected chi connectivity index (χ0v) is 35.6. The van der Waals surface area contributed by atoms with Gasteiger partial charge in [0.1, 0.15) is 11.6 Å². The summed E-state index contributed by atoms with van der Waals surface area (Å²) >= 11 is 0. The summed E-state index contributed by atoms with van der Waals surface area (Å²) in [6, 6.07) is 15.2. The summed E-state index contributed by atoms with van der Waals surface area (Å²) in [5, 5.41) is 6.70. The van der Waals surface area contributed by atoms with Crippen LogP contribution in [-0.4, -0.2) is 38.4 Å². The van der Waals surface area contributed by atoms with E-state index in [2.05, 4.69) is 10.6 Å². The third-order valence-electron chi connectivity index (χ3n) is 13.6. The molecule has 0 radical (unpaired) electrons. The van der Waals surface area contributed by atoms with E-state index in [4.69, 9.17) is 9.47 Å². The van der Waals surface area contributed by atoms with Gasteiger partial charge in [0.15, 0.2) is 0 Å². The quantitative estimate of drug-likeness (QED) is 0.173. The number of hydrogen-bond acceptors (Lipinski definition) is 4. The van der Waals surface area contributed by atoms with Crippen molar-refractivity contribution < 1.29 is 70.9 Å². The van der Waals surface area contributed by atoms with Gasteiger partial charge in [0.25, 0.3) is 0 Å². The van der Waals surface area contributed by atoms with E-state index in [1.54, 1.807) is 24.3 Å². The Morgan fingerprint density at radius 3 is 1.03 bits per heavy atom. The van der Waals surface area contributed by atoms with Crippen molar-refractivity contribution in [2.24, 2.45) is 23.7 Å². The van der Waals surface area contributed by atoms with Gasteiger partial charge >= 0.3 is 24.7 Å². The van der Waals surface area contributed by atoms with Crippen LogP contribution in [0.2, 0.25) is 0 Å². The van der Waals surface area contributed by atoms with Crippen LogP contribution in [0.1, 0.15) is 108 Å². The Labute approximate surface area is 372 Å². The fourth-order valence-electron chi connectivity index (χ4n) is 10.4. The lowest BCUT2D eigenvalue weighted by Crippen LogP contribution is -2.38. The van der Waals surface area contributed by atoms with Crippen LogP contribution in [0.4, 0.5) is 61.5 Å². The van der Waals surface area contributed by atoms with Gasteiger partial charge in [-0.25, -0.2) is 8.78 Å². The lowest BCUT2D eigenvalue weighted by atomic mass is 9.69. The molecule has 2 N–H and O–H groups in total. The number of fused-ring (bicyclic) bond motifs is 2. The third kappa shape index (κ3) is 11.5. The molecule has 0 aromatic heterocycles. The molecule has 2 aliphatic heterocycles. The second-order valence-corrected chi connectivity index (χ2v) is 17.8. The third-order valence-corrected chi connectivity index (χ3v) is 13.6. The van der Waals surface area contributed by atoms with Crippen LogP contribution < -0.4 is 10.6 Å². The number of hydrogen-bond donors (Lipinski definition) is 2. The van der Waals surface area contributed by atoms with E-state index in [1.165, 1.54) is 38.1 Å². The van der Waals surface area contributed by atoms with E-state index >= 15 is 0 Å². The maximum absolute atomic E-state index is 13.5. The van der Waals surface area contributed by atoms with Crippen LogP contribution in [-0.2, 0) is 34.2 Å². The molecule has 8 rings (SSSR count). The Morgan fingerprint density at radius 1 is 0.439 bits per heavy atom. The highest BCUT2D eigenvalue weighted by Crippen LogP contribution is 2.48. The Balaban J connectivity index is 0.000000196. The summed E-state index contributed by atoms with van der Waals surface area (Å²) in [5.41, 5.74) is -4.09. The van der Waals surface area contributed by atoms with Gasteiger partial charge < -0.3 is 20.1 Å². The number of benzene rings is 4. The average Bonchev–Trinajstić information content (AvgIpc) is 3.93. The van der Waals surface area contributed by atoms with Crippen molar-refractivity contribution in [2.45, 2.75) is 100 Å². The highest BCUT2D eigenvalue weighted by molar-refractivity contribution is 5.36. The maximum atomic E-state index is 13.5. The van der Waals surface area contributed by atoms with E-state index in [0.29, 0.717) is 24.7 Å². The molecule has 10 atom stereocenters. The SMILES string of the molecule is C[C@H](O[C@@H]1CC[C@@H]2CNC[C@@H]2[C@H]1c1ccc(F)cc1)c1cc(C(F)(F)F)cc(C(F)(F)F)c1.C[C@H](O[C@H]1CC[C@H]2CNC[C@H]2[C@@H]1c1ccc(F)cc1)c1cc(C(F)(F)F)cc(C(F)(F)F)c1. The molecule has 2 saturated heterocycles. The summed E-state index contributed by atoms with van der Waals surface area (Å²) in [7, 11) is 0. The second-order valence-electron chi connectivity index (χ2n) is 17.8. The summed E-state index contributed by atoms with van der Waals surface area (Å²) in [6.07, 6.45) is -19.6. The zero-order valence-electron chi connectivity index (χ0n) is 35.6. The second kappa shape index (κ2) is 19.4. The first-order valence-electron chi connectivity index (χ1n) is 21.7. The topological polar surface area (TPSA) is 42.5 Å². The van der Waals surface area contributed by atoms with E-state index in [0.717, 1.165) is 74.4 Å². The maximum Gasteiger partial charge on any atom is 0.416 e. The minimum Gasteiger partial charge on any atom is -0.370 e. The van der Waals surface area contributed by atoms with Crippen LogP contribution in [0, 0.1) is 35.3 Å². The molecule has 4 aromatic rings. The number of nitrogens with one attached hydrogen (secondary N) is 2. The fraction of sp³-hybridized carbons (Fsp3) is 0.500. The highest BCUT2D eigenvalue weighted by atomic mass is 19.4. The van der Waals surface area contributed by atoms with Crippen molar-refractivity contribution in [2.75, 3.05) is 26.2 Å². The molecule has 4 aromatic carbocycles. The first-order chi connectivity index (χ1) is 30.9. The molecule has 360 valence electrons. The molecule has 2 heterocycles. The van der Waals surface area contributed by atoms with Gasteiger partial charge in [-0.05, 0) is 172 Å². The molecule has 0 unspecified atom stereocenters. The summed E-state index contributed by atoms with van der Waals surface area (Å²) in [4.78, 5) is 0. The highest BCUT2D eigenvalue weighted by Gasteiger charge is 2.46. The van der Waals surface area contributed by atoms with E-state index < -0.39 is 71.4 Å². The average molecular weight is 951 g/mol. The van der Waals surface area contributed by atoms with Crippen LogP contribution in [0.25, 0.3) is 0 Å². The number of alkyl halides is 12. The Morgan fingerprint density at radius 2 is 0.742 bits per heavy atom. The largest absolute Gasteiger partial charge is 0.416 e. The zero-order chi connectivity index (χ0) is 47.9. The van der Waals surface area contributed by atoms with Crippen LogP contribution in [0.3, 0.4) is 0 Å². The molecule has 0 amide bonds. The molecule has 0 spiro atoms. The summed E-state index contributed by atoms with van der Waals surface area (Å²) in [5.74, 6) is 0.100. The van der Waals surface area contributed by atoms with Gasteiger partial charge in [0.2, 0.25) is 0 Å². The van der Waals surface area contributed by atoms with Crippen molar-refractivity contribution in [1.82, 2.24) is 10.6 Å². The first kappa shape index (κ1) is 49.6. The van der Waals surface area contributed by atoms with Crippen molar-refractivity contribution in [3.8, 4) is 0 Å². The van der Waals surface area contributed by atoms with Gasteiger partial charge in [-0.1, -0.05) is 24.3 Å². The monoisotopic (exact) mass is 950 g/mol. The summed E-state index contributed by atoms with van der Waals surface area (Å²) < 4.78 is 199. The van der Waals surface area contributed by atoms with Gasteiger partial charge in [0.05, 0.1) is 46.7 Å². The summed E-state index contributed by atoms with van der Waals surface area (Å²) in [6.45, 7) is 6.07. The first-order valence-corrected chi connectivity index (χ1v) is 21.7. The molecule has 0 bridgehead atoms. The van der Waals surface area contributed by atoms with Crippen LogP contribution in [0.5, 0.6) is 0 Å². The molecule has 4 fully saturated rings. The van der Waals surface area contributed by atoms with Gasteiger partial charge in [-0.2, -0.15) is 52.7 Å². The minimum atomic E-state index is -4.92. The number of ether oxygens (including phenoxy) is 2. The molecular weight excluding hydrogens is 903 g/mol. The fourth-order valence-corrected chi connectivity index (χ4v) is 10.4. The molecule has 4 aliphatic rings. The molecule has 2 aliphatic carbocycles. The Hall–Kier alpha value is -4.26. The molecular formula is C48H48F14N2O2. The normalized spacial score (nSPS) is 26.8. The van der Waals surface area contributed by atoms with Gasteiger partial charge in [-0.3, -0.25) is 0 Å². The lowest BCUT2D eigenvalue weighted by Gasteiger charge is -2.41. The predicted molar refractivity (Wildman–Crippen MR) is 216 cm³/mol. The smallest absolute Gasteiger partial charge is 0.370 e.